The predicted octanol–water partition coefficient (Wildman–Crippen LogP) is 37.0. The summed E-state index contributed by atoms with van der Waals surface area (Å²) in [6.45, 7) is 0. The molecule has 0 unspecified atom stereocenters. The van der Waals surface area contributed by atoms with Gasteiger partial charge in [-0.2, -0.15) is 0 Å². The Bertz CT molecular complexity index is 9140. The summed E-state index contributed by atoms with van der Waals surface area (Å²) in [5.41, 5.74) is 37.2. The van der Waals surface area contributed by atoms with Crippen LogP contribution < -0.4 is 9.80 Å². The van der Waals surface area contributed by atoms with E-state index in [4.69, 9.17) is 0 Å². The normalized spacial score (nSPS) is 12.2. The maximum Gasteiger partial charge on any atom is 0.0547 e. The van der Waals surface area contributed by atoms with Gasteiger partial charge in [0.25, 0.3) is 0 Å². The lowest BCUT2D eigenvalue weighted by Crippen LogP contribution is -2.18. The molecule has 1 aliphatic rings. The molecule has 1 aliphatic carbocycles. The second-order valence-corrected chi connectivity index (χ2v) is 36.5. The molecule has 0 aliphatic heterocycles. The highest BCUT2D eigenvalue weighted by atomic mass is 15.2. The van der Waals surface area contributed by atoms with E-state index in [0.717, 1.165) is 130 Å². The Hall–Kier alpha value is -18.0. The summed E-state index contributed by atoms with van der Waals surface area (Å²) in [6.07, 6.45) is 6.50. The van der Waals surface area contributed by atoms with Crippen LogP contribution in [0, 0.1) is 0 Å². The third kappa shape index (κ3) is 14.5. The SMILES string of the molecule is C1=C(c2ccc3ccccc3c2)CCC(N(c2ccc(-c3cc4ccc(-c5cccc(-n6c7ccccc7c7c(-c8cccc(-c9cccc(N(c%10ccc(-c%11cc%12ccccc%12c%12ccccc%11%12)cc%10)c%10cc(-c%11ccccc%11)cc(-c%11ccccc%11)c%10)c9)c8)cccc76)c5)cc4c4ccccc34)cc2)c2cccc(-c3cccc(-c4cccc5c4c4ccccc4n5-c4ccccc4)c3)c2)=C1. The van der Waals surface area contributed by atoms with E-state index in [0.29, 0.717) is 0 Å². The molecule has 0 fully saturated rings. The first-order valence-electron chi connectivity index (χ1n) is 47.8. The van der Waals surface area contributed by atoms with Crippen molar-refractivity contribution >= 4 is 131 Å². The Morgan fingerprint density at radius 3 is 1.11 bits per heavy atom. The summed E-state index contributed by atoms with van der Waals surface area (Å²) in [5, 5.41) is 17.3. The maximum atomic E-state index is 2.50. The van der Waals surface area contributed by atoms with E-state index in [-0.39, 0.29) is 0 Å². The monoisotopic (exact) mass is 1750 g/mol. The number of nitrogens with zero attached hydrogens (tertiary/aromatic N) is 4. The summed E-state index contributed by atoms with van der Waals surface area (Å²) in [4.78, 5) is 4.94. The third-order valence-corrected chi connectivity index (χ3v) is 28.5. The van der Waals surface area contributed by atoms with Gasteiger partial charge in [-0.15, -0.1) is 0 Å². The number of anilines is 5. The number of hydrogen-bond acceptors (Lipinski definition) is 2. The van der Waals surface area contributed by atoms with E-state index in [2.05, 4.69) is 541 Å². The highest BCUT2D eigenvalue weighted by Crippen LogP contribution is 2.49. The highest BCUT2D eigenvalue weighted by molar-refractivity contribution is 6.19. The Labute approximate surface area is 802 Å². The van der Waals surface area contributed by atoms with Crippen LogP contribution in [0.5, 0.6) is 0 Å². The molecular weight excluding hydrogens is 1670 g/mol. The average Bonchev–Trinajstić information content (AvgIpc) is 1.55. The van der Waals surface area contributed by atoms with Crippen molar-refractivity contribution in [2.24, 2.45) is 0 Å². The molecule has 0 N–H and O–H groups in total. The van der Waals surface area contributed by atoms with Gasteiger partial charge in [0.05, 0.1) is 22.1 Å². The number of para-hydroxylation sites is 3. The van der Waals surface area contributed by atoms with Crippen molar-refractivity contribution in [3.8, 4) is 112 Å². The van der Waals surface area contributed by atoms with Crippen molar-refractivity contribution in [3.05, 3.63) is 533 Å². The molecule has 25 aromatic rings. The zero-order valence-corrected chi connectivity index (χ0v) is 75.9. The summed E-state index contributed by atoms with van der Waals surface area (Å²) < 4.78 is 4.87. The minimum absolute atomic E-state index is 0.869. The molecular formula is C134H90N4. The summed E-state index contributed by atoms with van der Waals surface area (Å²) in [7, 11) is 0. The molecule has 2 aromatic heterocycles. The van der Waals surface area contributed by atoms with E-state index < -0.39 is 0 Å². The van der Waals surface area contributed by atoms with Gasteiger partial charge in [-0.25, -0.2) is 0 Å². The highest BCUT2D eigenvalue weighted by Gasteiger charge is 2.26. The standard InChI is InChI=1S/C134H90N4/c1-4-29-89(30-5-1)107-80-108(90-31-6-2-7-32-90)85-116(84-107)136(112-75-69-93(70-76-112)126-87-105-35-12-13-48-117(105)120-49-14-15-50-121(120)126)114-46-25-39-99(82-114)97-37-23-42-104(79-97)119-56-28-60-132-134(119)125-54-19-21-58-130(125)138(132)115-47-26-40-100(83-115)102-63-64-106-88-127(122-51-16-17-52-123(122)128(106)86-102)94-67-73-111(74-68-94)135(110-71-65-92(66-72-110)101-62-61-91-33-10-11-34-95(91)77-101)113-45-24-38-98(81-113)96-36-22-41-103(78-96)118-55-27-59-131-133(118)124-53-18-20-57-129(124)137(131)109-43-8-3-9-44-109/h1-65,67-71,73-88H,66,72H2. The lowest BCUT2D eigenvalue weighted by atomic mass is 9.91. The van der Waals surface area contributed by atoms with Gasteiger partial charge in [-0.3, -0.25) is 0 Å². The molecule has 4 nitrogen and oxygen atoms in total. The molecule has 0 amide bonds. The van der Waals surface area contributed by atoms with Gasteiger partial charge in [0, 0.05) is 67.1 Å². The first-order chi connectivity index (χ1) is 68.4. The summed E-state index contributed by atoms with van der Waals surface area (Å²) >= 11 is 0. The van der Waals surface area contributed by atoms with Crippen LogP contribution in [0.3, 0.4) is 0 Å². The molecule has 646 valence electrons. The maximum absolute atomic E-state index is 2.50. The fourth-order valence-electron chi connectivity index (χ4n) is 22.0. The lowest BCUT2D eigenvalue weighted by molar-refractivity contribution is 0.930. The molecule has 2 heterocycles. The number of allylic oxidation sites excluding steroid dienone is 4. The van der Waals surface area contributed by atoms with E-state index in [1.807, 2.05) is 0 Å². The van der Waals surface area contributed by atoms with Gasteiger partial charge in [-0.05, 0) is 336 Å². The van der Waals surface area contributed by atoms with Gasteiger partial charge >= 0.3 is 0 Å². The van der Waals surface area contributed by atoms with Gasteiger partial charge in [0.15, 0.2) is 0 Å². The average molecular weight is 1760 g/mol. The summed E-state index contributed by atoms with van der Waals surface area (Å²) in [6, 6.07) is 189. The third-order valence-electron chi connectivity index (χ3n) is 28.5. The number of aromatic nitrogens is 2. The van der Waals surface area contributed by atoms with Crippen LogP contribution in [0.15, 0.2) is 527 Å². The van der Waals surface area contributed by atoms with Crippen LogP contribution in [0.4, 0.5) is 28.4 Å². The van der Waals surface area contributed by atoms with Crippen molar-refractivity contribution in [2.75, 3.05) is 9.80 Å². The molecule has 0 saturated heterocycles. The molecule has 23 aromatic carbocycles. The van der Waals surface area contributed by atoms with Crippen molar-refractivity contribution in [1.29, 1.82) is 0 Å². The first-order valence-corrected chi connectivity index (χ1v) is 47.8. The zero-order chi connectivity index (χ0) is 91.1. The van der Waals surface area contributed by atoms with Crippen LogP contribution in [-0.4, -0.2) is 9.13 Å². The van der Waals surface area contributed by atoms with Gasteiger partial charge in [-0.1, -0.05) is 364 Å². The molecule has 0 radical (unpaired) electrons. The van der Waals surface area contributed by atoms with Crippen molar-refractivity contribution in [1.82, 2.24) is 9.13 Å². The van der Waals surface area contributed by atoms with Gasteiger partial charge < -0.3 is 18.9 Å². The smallest absolute Gasteiger partial charge is 0.0547 e. The molecule has 138 heavy (non-hydrogen) atoms. The minimum atomic E-state index is 0.869. The van der Waals surface area contributed by atoms with Gasteiger partial charge in [0.1, 0.15) is 0 Å². The van der Waals surface area contributed by atoms with Crippen LogP contribution in [0.25, 0.3) is 215 Å². The van der Waals surface area contributed by atoms with Crippen molar-refractivity contribution in [3.63, 3.8) is 0 Å². The van der Waals surface area contributed by atoms with E-state index in [9.17, 15) is 0 Å². The molecule has 0 spiro atoms. The van der Waals surface area contributed by atoms with Crippen molar-refractivity contribution < 1.29 is 0 Å². The van der Waals surface area contributed by atoms with Crippen molar-refractivity contribution in [2.45, 2.75) is 12.8 Å². The first kappa shape index (κ1) is 80.9. The Kier molecular flexibility index (Phi) is 20.1. The summed E-state index contributed by atoms with van der Waals surface area (Å²) in [5.74, 6) is 0. The number of benzene rings is 23. The predicted molar refractivity (Wildman–Crippen MR) is 587 cm³/mol. The fourth-order valence-corrected chi connectivity index (χ4v) is 22.0. The van der Waals surface area contributed by atoms with Crippen LogP contribution in [0.2, 0.25) is 0 Å². The molecule has 0 saturated carbocycles. The number of hydrogen-bond donors (Lipinski definition) is 0. The molecule has 4 heteroatoms. The lowest BCUT2D eigenvalue weighted by Gasteiger charge is -2.30. The topological polar surface area (TPSA) is 16.3 Å². The zero-order valence-electron chi connectivity index (χ0n) is 75.9. The van der Waals surface area contributed by atoms with E-state index in [1.54, 1.807) is 0 Å². The Morgan fingerprint density at radius 1 is 0.159 bits per heavy atom. The second-order valence-electron chi connectivity index (χ2n) is 36.5. The minimum Gasteiger partial charge on any atom is -0.314 e. The number of rotatable bonds is 18. The molecule has 26 rings (SSSR count). The van der Waals surface area contributed by atoms with Crippen LogP contribution in [-0.2, 0) is 0 Å². The Morgan fingerprint density at radius 2 is 0.536 bits per heavy atom. The fraction of sp³-hybridized carbons (Fsp3) is 0.0149. The van der Waals surface area contributed by atoms with Crippen LogP contribution in [0.1, 0.15) is 18.4 Å². The van der Waals surface area contributed by atoms with E-state index in [1.165, 1.54) is 137 Å². The quantitative estimate of drug-likeness (QED) is 0.0796. The van der Waals surface area contributed by atoms with E-state index >= 15 is 0 Å². The molecule has 0 bridgehead atoms. The second kappa shape index (κ2) is 34.3. The van der Waals surface area contributed by atoms with Gasteiger partial charge in [0.2, 0.25) is 0 Å². The Balaban J connectivity index is 0.525. The largest absolute Gasteiger partial charge is 0.314 e. The number of fused-ring (bicyclic) bond motifs is 13. The molecule has 0 atom stereocenters. The van der Waals surface area contributed by atoms with Crippen LogP contribution >= 0.6 is 0 Å².